The van der Waals surface area contributed by atoms with Gasteiger partial charge in [0.25, 0.3) is 5.91 Å². The number of piperidine rings is 1. The molecule has 0 bridgehead atoms. The van der Waals surface area contributed by atoms with E-state index in [1.807, 2.05) is 53.4 Å². The van der Waals surface area contributed by atoms with Crippen LogP contribution in [0.25, 0.3) is 0 Å². The summed E-state index contributed by atoms with van der Waals surface area (Å²) in [6.45, 7) is 0.571. The van der Waals surface area contributed by atoms with Crippen molar-refractivity contribution in [2.75, 3.05) is 6.54 Å². The summed E-state index contributed by atoms with van der Waals surface area (Å²) in [5.74, 6) is 0.137. The van der Waals surface area contributed by atoms with Crippen LogP contribution in [0.15, 0.2) is 54.7 Å². The van der Waals surface area contributed by atoms with Gasteiger partial charge in [0.2, 0.25) is 0 Å². The minimum Gasteiger partial charge on any atom is -0.383 e. The second-order valence-corrected chi connectivity index (χ2v) is 7.21. The average Bonchev–Trinajstić information content (AvgIpc) is 2.69. The van der Waals surface area contributed by atoms with Gasteiger partial charge in [0.15, 0.2) is 0 Å². The zero-order valence-corrected chi connectivity index (χ0v) is 14.3. The normalized spacial score (nSPS) is 29.1. The summed E-state index contributed by atoms with van der Waals surface area (Å²) < 4.78 is 0. The highest BCUT2D eigenvalue weighted by molar-refractivity contribution is 5.94. The topological polar surface area (TPSA) is 53.4 Å². The molecule has 1 aliphatic carbocycles. The number of pyridine rings is 1. The van der Waals surface area contributed by atoms with Gasteiger partial charge in [-0.15, -0.1) is 0 Å². The van der Waals surface area contributed by atoms with Crippen LogP contribution in [0.2, 0.25) is 0 Å². The Balaban J connectivity index is 1.66. The number of hydrogen-bond donors (Lipinski definition) is 1. The molecule has 130 valence electrons. The molecule has 1 aliphatic heterocycles. The Morgan fingerprint density at radius 1 is 1.08 bits per heavy atom. The van der Waals surface area contributed by atoms with Crippen molar-refractivity contribution in [3.05, 3.63) is 66.0 Å². The van der Waals surface area contributed by atoms with Crippen LogP contribution in [0.3, 0.4) is 0 Å². The van der Waals surface area contributed by atoms with Gasteiger partial charge in [-0.1, -0.05) is 37.1 Å². The molecule has 2 aliphatic rings. The Hall–Kier alpha value is -2.20. The van der Waals surface area contributed by atoms with E-state index in [1.165, 1.54) is 0 Å². The smallest absolute Gasteiger partial charge is 0.254 e. The minimum absolute atomic E-state index is 0.0533. The molecule has 1 aromatic carbocycles. The Bertz CT molecular complexity index is 734. The fraction of sp³-hybridized carbons (Fsp3) is 0.429. The van der Waals surface area contributed by atoms with Gasteiger partial charge in [-0.2, -0.15) is 0 Å². The van der Waals surface area contributed by atoms with Crippen LogP contribution in [0.5, 0.6) is 0 Å². The lowest BCUT2D eigenvalue weighted by Crippen LogP contribution is -2.59. The molecule has 0 radical (unpaired) electrons. The van der Waals surface area contributed by atoms with Crippen molar-refractivity contribution in [3.8, 4) is 0 Å². The van der Waals surface area contributed by atoms with Gasteiger partial charge >= 0.3 is 0 Å². The van der Waals surface area contributed by atoms with E-state index in [9.17, 15) is 9.90 Å². The molecule has 4 heteroatoms. The zero-order valence-electron chi connectivity index (χ0n) is 14.3. The minimum atomic E-state index is -0.931. The van der Waals surface area contributed by atoms with E-state index in [4.69, 9.17) is 0 Å². The number of amides is 1. The number of rotatable bonds is 2. The van der Waals surface area contributed by atoms with Crippen molar-refractivity contribution in [2.45, 2.75) is 43.7 Å². The molecule has 1 N–H and O–H groups in total. The van der Waals surface area contributed by atoms with Crippen molar-refractivity contribution in [2.24, 2.45) is 5.92 Å². The van der Waals surface area contributed by atoms with Crippen LogP contribution < -0.4 is 0 Å². The molecule has 0 unspecified atom stereocenters. The number of carbonyl (C=O) groups is 1. The third kappa shape index (κ3) is 2.85. The Labute approximate surface area is 148 Å². The molecule has 0 spiro atoms. The van der Waals surface area contributed by atoms with E-state index >= 15 is 0 Å². The third-order valence-electron chi connectivity index (χ3n) is 5.87. The van der Waals surface area contributed by atoms with Crippen molar-refractivity contribution in [3.63, 3.8) is 0 Å². The fourth-order valence-electron chi connectivity index (χ4n) is 4.62. The summed E-state index contributed by atoms with van der Waals surface area (Å²) in [5, 5.41) is 11.5. The number of aromatic nitrogens is 1. The molecule has 1 amide bonds. The summed E-state index contributed by atoms with van der Waals surface area (Å²) in [4.78, 5) is 19.5. The van der Waals surface area contributed by atoms with Crippen LogP contribution in [-0.4, -0.2) is 33.5 Å². The first kappa shape index (κ1) is 16.3. The summed E-state index contributed by atoms with van der Waals surface area (Å²) in [5.41, 5.74) is 0.550. The Kier molecular flexibility index (Phi) is 4.30. The number of aliphatic hydroxyl groups is 1. The number of hydrogen-bond acceptors (Lipinski definition) is 3. The highest BCUT2D eigenvalue weighted by Crippen LogP contribution is 2.46. The number of benzene rings is 1. The maximum absolute atomic E-state index is 13.0. The molecule has 4 rings (SSSR count). The lowest BCUT2D eigenvalue weighted by Gasteiger charge is -2.52. The molecule has 25 heavy (non-hydrogen) atoms. The van der Waals surface area contributed by atoms with Gasteiger partial charge < -0.3 is 10.0 Å². The predicted molar refractivity (Wildman–Crippen MR) is 96.0 cm³/mol. The lowest BCUT2D eigenvalue weighted by atomic mass is 9.67. The van der Waals surface area contributed by atoms with Gasteiger partial charge in [0.1, 0.15) is 5.60 Å². The number of nitrogens with zero attached hydrogens (tertiary/aromatic N) is 2. The monoisotopic (exact) mass is 336 g/mol. The quantitative estimate of drug-likeness (QED) is 0.915. The number of fused-ring (bicyclic) bond motifs is 1. The largest absolute Gasteiger partial charge is 0.383 e. The van der Waals surface area contributed by atoms with Crippen molar-refractivity contribution in [1.29, 1.82) is 0 Å². The van der Waals surface area contributed by atoms with Gasteiger partial charge in [-0.25, -0.2) is 0 Å². The van der Waals surface area contributed by atoms with Crippen LogP contribution in [0.1, 0.15) is 48.2 Å². The molecular formula is C21H24N2O2. The standard InChI is InChI=1S/C21H24N2O2/c24-20(16-8-2-1-3-9-16)23-15-13-21(25,19-12-6-7-14-22-19)17-10-4-5-11-18(17)23/h1-3,6-9,12,14,17-18,25H,4-5,10-11,13,15H2/t17-,18-,21+/m0/s1. The lowest BCUT2D eigenvalue weighted by molar-refractivity contribution is -0.113. The van der Waals surface area contributed by atoms with Gasteiger partial charge in [-0.3, -0.25) is 9.78 Å². The van der Waals surface area contributed by atoms with E-state index in [-0.39, 0.29) is 17.9 Å². The average molecular weight is 336 g/mol. The van der Waals surface area contributed by atoms with E-state index in [1.54, 1.807) is 6.20 Å². The van der Waals surface area contributed by atoms with Gasteiger partial charge in [-0.05, 0) is 43.5 Å². The van der Waals surface area contributed by atoms with Crippen molar-refractivity contribution >= 4 is 5.91 Å². The van der Waals surface area contributed by atoms with E-state index in [0.29, 0.717) is 13.0 Å². The highest BCUT2D eigenvalue weighted by atomic mass is 16.3. The van der Waals surface area contributed by atoms with Crippen molar-refractivity contribution < 1.29 is 9.90 Å². The van der Waals surface area contributed by atoms with Crippen LogP contribution >= 0.6 is 0 Å². The second-order valence-electron chi connectivity index (χ2n) is 7.21. The zero-order chi connectivity index (χ0) is 17.3. The third-order valence-corrected chi connectivity index (χ3v) is 5.87. The van der Waals surface area contributed by atoms with E-state index in [0.717, 1.165) is 36.9 Å². The Morgan fingerprint density at radius 3 is 2.60 bits per heavy atom. The fourth-order valence-corrected chi connectivity index (χ4v) is 4.62. The summed E-state index contributed by atoms with van der Waals surface area (Å²) in [6.07, 6.45) is 6.40. The van der Waals surface area contributed by atoms with Crippen LogP contribution in [0.4, 0.5) is 0 Å². The number of likely N-dealkylation sites (tertiary alicyclic amines) is 1. The van der Waals surface area contributed by atoms with E-state index < -0.39 is 5.60 Å². The predicted octanol–water partition coefficient (Wildman–Crippen LogP) is 3.37. The molecule has 4 nitrogen and oxygen atoms in total. The molecule has 2 fully saturated rings. The summed E-state index contributed by atoms with van der Waals surface area (Å²) in [6, 6.07) is 15.3. The first-order chi connectivity index (χ1) is 12.2. The first-order valence-electron chi connectivity index (χ1n) is 9.20. The summed E-state index contributed by atoms with van der Waals surface area (Å²) in [7, 11) is 0. The Morgan fingerprint density at radius 2 is 1.84 bits per heavy atom. The summed E-state index contributed by atoms with van der Waals surface area (Å²) >= 11 is 0. The molecule has 1 aromatic heterocycles. The van der Waals surface area contributed by atoms with Gasteiger partial charge in [0.05, 0.1) is 5.69 Å². The van der Waals surface area contributed by atoms with Crippen LogP contribution in [0, 0.1) is 5.92 Å². The first-order valence-corrected chi connectivity index (χ1v) is 9.20. The maximum Gasteiger partial charge on any atom is 0.254 e. The van der Waals surface area contributed by atoms with Crippen LogP contribution in [-0.2, 0) is 5.60 Å². The highest BCUT2D eigenvalue weighted by Gasteiger charge is 2.51. The molecule has 1 saturated carbocycles. The number of carbonyl (C=O) groups excluding carboxylic acids is 1. The van der Waals surface area contributed by atoms with Crippen molar-refractivity contribution in [1.82, 2.24) is 9.88 Å². The molecule has 3 atom stereocenters. The molecule has 2 heterocycles. The van der Waals surface area contributed by atoms with E-state index in [2.05, 4.69) is 4.98 Å². The molecule has 2 aromatic rings. The maximum atomic E-state index is 13.0. The van der Waals surface area contributed by atoms with Gasteiger partial charge in [0, 0.05) is 30.3 Å². The SMILES string of the molecule is O=C(c1ccccc1)N1CC[C@](O)(c2ccccn2)[C@H]2CCCC[C@@H]21. The molecular weight excluding hydrogens is 312 g/mol. The molecule has 1 saturated heterocycles. The second kappa shape index (κ2) is 6.60.